The maximum atomic E-state index is 8.49. The third kappa shape index (κ3) is 5.17. The van der Waals surface area contributed by atoms with Crippen molar-refractivity contribution in [2.24, 2.45) is 4.99 Å². The Kier molecular flexibility index (Phi) is 6.77. The number of hydrogen-bond acceptors (Lipinski definition) is 8. The summed E-state index contributed by atoms with van der Waals surface area (Å²) in [5.74, 6) is 1.65. The summed E-state index contributed by atoms with van der Waals surface area (Å²) in [4.78, 5) is 4.93. The molecule has 1 aliphatic carbocycles. The zero-order chi connectivity index (χ0) is 21.9. The number of nitrogens with one attached hydrogen (secondary N) is 2. The second-order valence-corrected chi connectivity index (χ2v) is 7.52. The van der Waals surface area contributed by atoms with Crippen molar-refractivity contribution in [3.05, 3.63) is 64.9 Å². The lowest BCUT2D eigenvalue weighted by atomic mass is 9.89. The third-order valence-corrected chi connectivity index (χ3v) is 4.65. The van der Waals surface area contributed by atoms with Crippen LogP contribution in [0.15, 0.2) is 53.2 Å². The fourth-order valence-electron chi connectivity index (χ4n) is 3.48. The maximum Gasteiger partial charge on any atom is 0.155 e. The first-order valence-corrected chi connectivity index (χ1v) is 10.8. The molecule has 1 heterocycles. The van der Waals surface area contributed by atoms with Gasteiger partial charge in [0.05, 0.1) is 6.04 Å². The minimum atomic E-state index is -4.94. The van der Waals surface area contributed by atoms with Crippen molar-refractivity contribution in [1.82, 2.24) is 5.32 Å². The number of hydrogen-bond donors (Lipinski definition) is 2. The predicted octanol–water partition coefficient (Wildman–Crippen LogP) is -0.268. The van der Waals surface area contributed by atoms with Gasteiger partial charge >= 0.3 is 0 Å². The molecule has 4 rings (SSSR count). The second-order valence-electron chi connectivity index (χ2n) is 6.76. The number of aliphatic imine (C=N–C) groups is 1. The van der Waals surface area contributed by atoms with Crippen LogP contribution in [0.2, 0.25) is 0 Å². The SMILES string of the molecule is CCNc1cc2c(cc1C)N=C1C(=CC(NCC)c3ccccc31)O2.[O-][Cl+3]([O-])([O-])[O-]. The molecule has 160 valence electrons. The molecule has 30 heavy (non-hydrogen) atoms. The fourth-order valence-corrected chi connectivity index (χ4v) is 3.48. The Hall–Kier alpha value is -2.46. The van der Waals surface area contributed by atoms with Gasteiger partial charge in [0.1, 0.15) is 11.4 Å². The number of fused-ring (bicyclic) bond motifs is 4. The van der Waals surface area contributed by atoms with Crippen LogP contribution in [0.5, 0.6) is 5.75 Å². The number of nitrogens with zero attached hydrogens (tertiary/aromatic N) is 1. The van der Waals surface area contributed by atoms with Crippen molar-refractivity contribution < 1.29 is 33.6 Å². The number of likely N-dealkylation sites (N-methyl/N-ethyl adjacent to an activating group) is 1. The van der Waals surface area contributed by atoms with Crippen LogP contribution in [-0.2, 0) is 0 Å². The lowest BCUT2D eigenvalue weighted by Crippen LogP contribution is -2.68. The highest BCUT2D eigenvalue weighted by Crippen LogP contribution is 2.41. The quantitative estimate of drug-likeness (QED) is 0.678. The Labute approximate surface area is 177 Å². The molecule has 2 aromatic carbocycles. The van der Waals surface area contributed by atoms with Crippen molar-refractivity contribution in [3.8, 4) is 5.75 Å². The van der Waals surface area contributed by atoms with E-state index in [1.807, 2.05) is 0 Å². The normalized spacial score (nSPS) is 16.6. The average molecular weight is 433 g/mol. The van der Waals surface area contributed by atoms with Gasteiger partial charge in [-0.05, 0) is 43.7 Å². The standard InChI is InChI=1S/C21H23N3O.ClHO4/c1-4-22-16-11-19-18(10-13(16)3)24-21-15-9-7-6-8-14(15)17(23-5-2)12-20(21)25-19;2-1(3,4)5/h6-12,17,22-23H,4-5H2,1-3H3;(H,2,3,4,5)/p-1. The minimum absolute atomic E-state index is 0.149. The summed E-state index contributed by atoms with van der Waals surface area (Å²) < 4.78 is 40.2. The molecule has 0 fully saturated rings. The highest BCUT2D eigenvalue weighted by Gasteiger charge is 2.29. The van der Waals surface area contributed by atoms with Crippen LogP contribution in [-0.4, -0.2) is 18.8 Å². The van der Waals surface area contributed by atoms with Crippen LogP contribution in [0.1, 0.15) is 36.6 Å². The number of anilines is 1. The van der Waals surface area contributed by atoms with Crippen molar-refractivity contribution >= 4 is 17.1 Å². The molecule has 2 aliphatic rings. The highest BCUT2D eigenvalue weighted by molar-refractivity contribution is 6.16. The van der Waals surface area contributed by atoms with E-state index in [1.165, 1.54) is 11.1 Å². The predicted molar refractivity (Wildman–Crippen MR) is 103 cm³/mol. The molecule has 0 radical (unpaired) electrons. The van der Waals surface area contributed by atoms with Crippen LogP contribution in [0, 0.1) is 17.2 Å². The molecular formula is C21H23ClN3O5-. The van der Waals surface area contributed by atoms with E-state index in [9.17, 15) is 0 Å². The summed E-state index contributed by atoms with van der Waals surface area (Å²) in [6.45, 7) is 8.09. The molecule has 0 aromatic heterocycles. The third-order valence-electron chi connectivity index (χ3n) is 4.65. The van der Waals surface area contributed by atoms with E-state index in [-0.39, 0.29) is 6.04 Å². The molecular weight excluding hydrogens is 410 g/mol. The summed E-state index contributed by atoms with van der Waals surface area (Å²) >= 11 is 0. The number of halogens is 1. The first-order chi connectivity index (χ1) is 14.2. The molecule has 2 N–H and O–H groups in total. The molecule has 1 atom stereocenters. The Balaban J connectivity index is 0.000000461. The first kappa shape index (κ1) is 22.2. The summed E-state index contributed by atoms with van der Waals surface area (Å²) in [5, 5.41) is 6.90. The lowest BCUT2D eigenvalue weighted by Gasteiger charge is -2.29. The molecule has 9 heteroatoms. The van der Waals surface area contributed by atoms with E-state index in [0.717, 1.165) is 47.2 Å². The molecule has 8 nitrogen and oxygen atoms in total. The molecule has 0 spiro atoms. The smallest absolute Gasteiger partial charge is 0.155 e. The van der Waals surface area contributed by atoms with Crippen molar-refractivity contribution in [3.63, 3.8) is 0 Å². The Morgan fingerprint density at radius 3 is 2.43 bits per heavy atom. The summed E-state index contributed by atoms with van der Waals surface area (Å²) in [6.07, 6.45) is 2.14. The van der Waals surface area contributed by atoms with Gasteiger partial charge in [0.25, 0.3) is 0 Å². The maximum absolute atomic E-state index is 8.49. The van der Waals surface area contributed by atoms with E-state index in [4.69, 9.17) is 28.4 Å². The number of aryl methyl sites for hydroxylation is 1. The van der Waals surface area contributed by atoms with Crippen LogP contribution in [0.25, 0.3) is 0 Å². The van der Waals surface area contributed by atoms with Crippen LogP contribution < -0.4 is 34.0 Å². The van der Waals surface area contributed by atoms with Gasteiger partial charge in [-0.3, -0.25) is 0 Å². The number of allylic oxidation sites excluding steroid dienone is 1. The van der Waals surface area contributed by atoms with Gasteiger partial charge in [-0.25, -0.2) is 23.6 Å². The van der Waals surface area contributed by atoms with Gasteiger partial charge in [-0.2, -0.15) is 0 Å². The van der Waals surface area contributed by atoms with Gasteiger partial charge in [0.15, 0.2) is 11.5 Å². The van der Waals surface area contributed by atoms with Gasteiger partial charge in [-0.15, -0.1) is 10.2 Å². The molecule has 0 amide bonds. The van der Waals surface area contributed by atoms with Gasteiger partial charge in [-0.1, -0.05) is 31.2 Å². The van der Waals surface area contributed by atoms with Crippen LogP contribution in [0.4, 0.5) is 11.4 Å². The van der Waals surface area contributed by atoms with Crippen molar-refractivity contribution in [2.75, 3.05) is 18.4 Å². The van der Waals surface area contributed by atoms with E-state index in [2.05, 4.69) is 73.9 Å². The van der Waals surface area contributed by atoms with E-state index < -0.39 is 10.2 Å². The van der Waals surface area contributed by atoms with Crippen LogP contribution >= 0.6 is 0 Å². The summed E-state index contributed by atoms with van der Waals surface area (Å²) in [6, 6.07) is 12.7. The van der Waals surface area contributed by atoms with Gasteiger partial charge in [0.2, 0.25) is 0 Å². The molecule has 0 bridgehead atoms. The second kappa shape index (κ2) is 9.13. The van der Waals surface area contributed by atoms with Crippen molar-refractivity contribution in [1.29, 1.82) is 0 Å². The first-order valence-electron chi connectivity index (χ1n) is 9.53. The number of ether oxygens (including phenoxy) is 1. The molecule has 2 aromatic rings. The van der Waals surface area contributed by atoms with E-state index >= 15 is 0 Å². The summed E-state index contributed by atoms with van der Waals surface area (Å²) in [5.41, 5.74) is 6.48. The molecule has 1 unspecified atom stereocenters. The number of rotatable bonds is 4. The monoisotopic (exact) mass is 432 g/mol. The highest BCUT2D eigenvalue weighted by atomic mass is 35.7. The molecule has 0 saturated carbocycles. The molecule has 1 aliphatic heterocycles. The Morgan fingerprint density at radius 2 is 1.77 bits per heavy atom. The Morgan fingerprint density at radius 1 is 1.07 bits per heavy atom. The van der Waals surface area contributed by atoms with E-state index in [0.29, 0.717) is 0 Å². The molecule has 0 saturated heterocycles. The fraction of sp³-hybridized carbons (Fsp3) is 0.286. The zero-order valence-corrected chi connectivity index (χ0v) is 17.7. The zero-order valence-electron chi connectivity index (χ0n) is 16.9. The largest absolute Gasteiger partial charge is 0.453 e. The minimum Gasteiger partial charge on any atom is -0.453 e. The topological polar surface area (TPSA) is 138 Å². The van der Waals surface area contributed by atoms with Crippen LogP contribution in [0.3, 0.4) is 0 Å². The summed E-state index contributed by atoms with van der Waals surface area (Å²) in [7, 11) is -4.94. The lowest BCUT2D eigenvalue weighted by molar-refractivity contribution is -2.00. The average Bonchev–Trinajstić information content (AvgIpc) is 2.67. The van der Waals surface area contributed by atoms with E-state index in [1.54, 1.807) is 0 Å². The Bertz CT molecular complexity index is 979. The van der Waals surface area contributed by atoms with Crippen molar-refractivity contribution in [2.45, 2.75) is 26.8 Å². The van der Waals surface area contributed by atoms with Gasteiger partial charge in [0, 0.05) is 23.9 Å². The van der Waals surface area contributed by atoms with Gasteiger partial charge < -0.3 is 15.4 Å². The number of benzene rings is 2.